The van der Waals surface area contributed by atoms with Crippen molar-refractivity contribution < 1.29 is 9.53 Å². The first-order valence-corrected chi connectivity index (χ1v) is 10.6. The van der Waals surface area contributed by atoms with E-state index < -0.39 is 5.60 Å². The standard InChI is InChI=1S/C14H25NO2.C9H17N.2ClH/c1-11(2,3)13-7-14(8-13,9-13)15-10(16)17-12(4,5)6;1-7(2,3)8-4-9(10,5-8)6-8;;/h7-9H2,1-6H3,(H,15,16);4-6,10H2,1-3H3;2*1H. The van der Waals surface area contributed by atoms with Crippen LogP contribution in [0.15, 0.2) is 0 Å². The SMILES string of the molecule is CC(C)(C)C12CC(N)(C1)C2.CC(C)(C)OC(=O)NC12CC(C(C)(C)C)(C1)C2.Cl.Cl. The molecule has 0 spiro atoms. The van der Waals surface area contributed by atoms with Crippen molar-refractivity contribution in [3.63, 3.8) is 0 Å². The number of carbonyl (C=O) groups excluding carboxylic acids is 1. The molecule has 6 aliphatic carbocycles. The Morgan fingerprint density at radius 2 is 1.10 bits per heavy atom. The Morgan fingerprint density at radius 1 is 0.759 bits per heavy atom. The Bertz CT molecular complexity index is 601. The van der Waals surface area contributed by atoms with Gasteiger partial charge in [0.2, 0.25) is 0 Å². The molecule has 0 aromatic rings. The van der Waals surface area contributed by atoms with Crippen molar-refractivity contribution in [1.29, 1.82) is 0 Å². The molecule has 4 bridgehead atoms. The van der Waals surface area contributed by atoms with E-state index in [1.54, 1.807) is 0 Å². The molecule has 6 heteroatoms. The lowest BCUT2D eigenvalue weighted by atomic mass is 9.33. The monoisotopic (exact) mass is 450 g/mol. The fourth-order valence-electron chi connectivity index (χ4n) is 5.90. The molecule has 0 radical (unpaired) electrons. The van der Waals surface area contributed by atoms with Crippen LogP contribution in [0.3, 0.4) is 0 Å². The lowest BCUT2D eigenvalue weighted by molar-refractivity contribution is -0.213. The summed E-state index contributed by atoms with van der Waals surface area (Å²) in [5.74, 6) is 0. The normalized spacial score (nSPS) is 38.7. The maximum absolute atomic E-state index is 11.7. The lowest BCUT2D eigenvalue weighted by Gasteiger charge is -2.75. The Labute approximate surface area is 190 Å². The molecular formula is C23H44Cl2N2O2. The highest BCUT2D eigenvalue weighted by molar-refractivity contribution is 5.85. The van der Waals surface area contributed by atoms with E-state index >= 15 is 0 Å². The largest absolute Gasteiger partial charge is 0.444 e. The lowest BCUT2D eigenvalue weighted by Crippen LogP contribution is -2.78. The molecule has 29 heavy (non-hydrogen) atoms. The Balaban J connectivity index is 0.000000301. The quantitative estimate of drug-likeness (QED) is 0.496. The van der Waals surface area contributed by atoms with E-state index in [0.29, 0.717) is 21.7 Å². The van der Waals surface area contributed by atoms with Crippen LogP contribution >= 0.6 is 24.8 Å². The average Bonchev–Trinajstić information content (AvgIpc) is 2.22. The number of amides is 1. The highest BCUT2D eigenvalue weighted by atomic mass is 35.5. The Hall–Kier alpha value is -0.190. The Morgan fingerprint density at radius 3 is 1.34 bits per heavy atom. The minimum absolute atomic E-state index is 0. The van der Waals surface area contributed by atoms with Gasteiger partial charge in [-0.1, -0.05) is 41.5 Å². The maximum Gasteiger partial charge on any atom is 0.408 e. The van der Waals surface area contributed by atoms with Gasteiger partial charge in [-0.2, -0.15) is 0 Å². The third kappa shape index (κ3) is 4.55. The molecule has 6 fully saturated rings. The van der Waals surface area contributed by atoms with Crippen LogP contribution in [0.2, 0.25) is 0 Å². The second-order valence-electron chi connectivity index (χ2n) is 13.4. The van der Waals surface area contributed by atoms with Gasteiger partial charge in [0.15, 0.2) is 0 Å². The van der Waals surface area contributed by atoms with E-state index in [2.05, 4.69) is 46.9 Å². The van der Waals surface area contributed by atoms with Crippen LogP contribution in [0, 0.1) is 21.7 Å². The van der Waals surface area contributed by atoms with E-state index in [9.17, 15) is 4.79 Å². The van der Waals surface area contributed by atoms with Gasteiger partial charge in [-0.05, 0) is 81.0 Å². The summed E-state index contributed by atoms with van der Waals surface area (Å²) in [6.45, 7) is 19.6. The van der Waals surface area contributed by atoms with Crippen molar-refractivity contribution in [2.45, 2.75) is 118 Å². The van der Waals surface area contributed by atoms with Crippen LogP contribution in [0.1, 0.15) is 101 Å². The van der Waals surface area contributed by atoms with Crippen molar-refractivity contribution in [1.82, 2.24) is 5.32 Å². The highest BCUT2D eigenvalue weighted by Gasteiger charge is 2.72. The van der Waals surface area contributed by atoms with Crippen molar-refractivity contribution >= 4 is 30.9 Å². The van der Waals surface area contributed by atoms with Gasteiger partial charge < -0.3 is 15.8 Å². The number of ether oxygens (including phenoxy) is 1. The second-order valence-corrected chi connectivity index (χ2v) is 13.4. The van der Waals surface area contributed by atoms with E-state index in [-0.39, 0.29) is 42.0 Å². The number of nitrogens with one attached hydrogen (secondary N) is 1. The van der Waals surface area contributed by atoms with Crippen molar-refractivity contribution in [3.8, 4) is 0 Å². The number of halogens is 2. The summed E-state index contributed by atoms with van der Waals surface area (Å²) in [6.07, 6.45) is 6.92. The molecule has 4 nitrogen and oxygen atoms in total. The van der Waals surface area contributed by atoms with Gasteiger partial charge >= 0.3 is 6.09 Å². The third-order valence-corrected chi connectivity index (χ3v) is 8.05. The van der Waals surface area contributed by atoms with Crippen LogP contribution in [-0.4, -0.2) is 22.8 Å². The highest BCUT2D eigenvalue weighted by Crippen LogP contribution is 2.74. The van der Waals surface area contributed by atoms with E-state index in [1.165, 1.54) is 19.3 Å². The molecule has 3 N–H and O–H groups in total. The molecule has 0 aliphatic heterocycles. The third-order valence-electron chi connectivity index (χ3n) is 8.05. The van der Waals surface area contributed by atoms with Gasteiger partial charge in [0, 0.05) is 11.1 Å². The summed E-state index contributed by atoms with van der Waals surface area (Å²) in [5, 5.41) is 3.05. The molecule has 0 saturated heterocycles. The maximum atomic E-state index is 11.7. The molecule has 0 aromatic carbocycles. The van der Waals surface area contributed by atoms with E-state index in [4.69, 9.17) is 10.5 Å². The number of hydrogen-bond acceptors (Lipinski definition) is 3. The molecule has 0 heterocycles. The first-order chi connectivity index (χ1) is 11.8. The molecule has 0 unspecified atom stereocenters. The molecule has 0 aromatic heterocycles. The van der Waals surface area contributed by atoms with E-state index in [1.807, 2.05) is 20.8 Å². The summed E-state index contributed by atoms with van der Waals surface area (Å²) < 4.78 is 5.30. The van der Waals surface area contributed by atoms with Crippen molar-refractivity contribution in [3.05, 3.63) is 0 Å². The average molecular weight is 452 g/mol. The molecule has 172 valence electrons. The topological polar surface area (TPSA) is 64.3 Å². The zero-order valence-electron chi connectivity index (χ0n) is 20.0. The van der Waals surface area contributed by atoms with Crippen LogP contribution in [0.4, 0.5) is 4.79 Å². The minimum atomic E-state index is -0.407. The van der Waals surface area contributed by atoms with Gasteiger partial charge in [-0.15, -0.1) is 24.8 Å². The van der Waals surface area contributed by atoms with Crippen molar-refractivity contribution in [2.24, 2.45) is 27.4 Å². The van der Waals surface area contributed by atoms with Crippen LogP contribution in [0.25, 0.3) is 0 Å². The number of alkyl carbamates (subject to hydrolysis) is 1. The van der Waals surface area contributed by atoms with Gasteiger partial charge in [0.25, 0.3) is 0 Å². The van der Waals surface area contributed by atoms with Gasteiger partial charge in [-0.3, -0.25) is 0 Å². The number of hydrogen-bond donors (Lipinski definition) is 2. The number of rotatable bonds is 1. The summed E-state index contributed by atoms with van der Waals surface area (Å²) >= 11 is 0. The first kappa shape index (κ1) is 26.8. The summed E-state index contributed by atoms with van der Waals surface area (Å²) in [4.78, 5) is 11.7. The zero-order valence-corrected chi connectivity index (χ0v) is 21.6. The fourth-order valence-corrected chi connectivity index (χ4v) is 5.90. The predicted octanol–water partition coefficient (Wildman–Crippen LogP) is 6.24. The zero-order chi connectivity index (χ0) is 20.7. The smallest absolute Gasteiger partial charge is 0.408 e. The predicted molar refractivity (Wildman–Crippen MR) is 125 cm³/mol. The molecular weight excluding hydrogens is 407 g/mol. The molecule has 0 atom stereocenters. The minimum Gasteiger partial charge on any atom is -0.444 e. The van der Waals surface area contributed by atoms with E-state index in [0.717, 1.165) is 19.3 Å². The van der Waals surface area contributed by atoms with Crippen LogP contribution < -0.4 is 11.1 Å². The van der Waals surface area contributed by atoms with Crippen LogP contribution in [0.5, 0.6) is 0 Å². The van der Waals surface area contributed by atoms with Gasteiger partial charge in [-0.25, -0.2) is 4.79 Å². The fraction of sp³-hybridized carbons (Fsp3) is 0.957. The Kier molecular flexibility index (Phi) is 6.63. The first-order valence-electron chi connectivity index (χ1n) is 10.6. The summed E-state index contributed by atoms with van der Waals surface area (Å²) in [5.41, 5.74) is 7.84. The number of nitrogens with two attached hydrogens (primary N) is 1. The van der Waals surface area contributed by atoms with Crippen molar-refractivity contribution in [2.75, 3.05) is 0 Å². The summed E-state index contributed by atoms with van der Waals surface area (Å²) in [7, 11) is 0. The molecule has 6 saturated carbocycles. The van der Waals surface area contributed by atoms with Gasteiger partial charge in [0.05, 0.1) is 0 Å². The molecule has 6 rings (SSSR count). The van der Waals surface area contributed by atoms with Crippen LogP contribution in [-0.2, 0) is 4.74 Å². The number of carbonyl (C=O) groups is 1. The molecule has 1 amide bonds. The van der Waals surface area contributed by atoms with Gasteiger partial charge in [0.1, 0.15) is 5.60 Å². The molecule has 6 aliphatic rings. The summed E-state index contributed by atoms with van der Waals surface area (Å²) in [6, 6.07) is 0. The second kappa shape index (κ2) is 7.17.